The lowest BCUT2D eigenvalue weighted by molar-refractivity contribution is -0.122. The van der Waals surface area contributed by atoms with Crippen molar-refractivity contribution in [2.24, 2.45) is 17.6 Å². The number of Topliss-reactive ketones (excluding diaryl/α,β-unsaturated/α-hetero) is 1. The first-order chi connectivity index (χ1) is 4.29. The van der Waals surface area contributed by atoms with Gasteiger partial charge in [-0.15, -0.1) is 0 Å². The summed E-state index contributed by atoms with van der Waals surface area (Å²) in [5, 5.41) is 0. The molecule has 0 aromatic carbocycles. The quantitative estimate of drug-likeness (QED) is 0.506. The molecule has 0 amide bonds. The number of ketones is 1. The van der Waals surface area contributed by atoms with E-state index in [1.807, 2.05) is 0 Å². The Balaban J connectivity index is 2.25. The van der Waals surface area contributed by atoms with E-state index < -0.39 is 0 Å². The van der Waals surface area contributed by atoms with Crippen LogP contribution >= 0.6 is 0 Å². The molecule has 9 heavy (non-hydrogen) atoms. The Hall–Kier alpha value is -0.370. The highest BCUT2D eigenvalue weighted by Crippen LogP contribution is 2.40. The molecule has 0 aromatic heterocycles. The summed E-state index contributed by atoms with van der Waals surface area (Å²) in [6, 6.07) is -0.0938. The molecule has 0 saturated heterocycles. The topological polar surface area (TPSA) is 43.1 Å². The van der Waals surface area contributed by atoms with Gasteiger partial charge < -0.3 is 5.73 Å². The SMILES string of the molecule is N[C@H]1C(=O)[C@@H]2CC[C@@H]1C2. The van der Waals surface area contributed by atoms with Crippen LogP contribution in [-0.2, 0) is 4.79 Å². The second kappa shape index (κ2) is 1.57. The van der Waals surface area contributed by atoms with Crippen LogP contribution in [0.4, 0.5) is 0 Å². The van der Waals surface area contributed by atoms with E-state index in [4.69, 9.17) is 5.73 Å². The largest absolute Gasteiger partial charge is 0.321 e. The number of carbonyl (C=O) groups excluding carboxylic acids is 1. The van der Waals surface area contributed by atoms with Crippen LogP contribution in [0.2, 0.25) is 0 Å². The molecule has 2 aliphatic rings. The molecule has 0 aromatic rings. The molecule has 2 bridgehead atoms. The zero-order chi connectivity index (χ0) is 6.43. The second-order valence-electron chi connectivity index (χ2n) is 3.20. The Kier molecular flexibility index (Phi) is 0.943. The third kappa shape index (κ3) is 0.568. The molecule has 2 saturated carbocycles. The van der Waals surface area contributed by atoms with Gasteiger partial charge in [0.15, 0.2) is 5.78 Å². The molecule has 0 aliphatic heterocycles. The summed E-state index contributed by atoms with van der Waals surface area (Å²) in [6.07, 6.45) is 3.38. The Morgan fingerprint density at radius 2 is 2.22 bits per heavy atom. The van der Waals surface area contributed by atoms with Crippen LogP contribution in [0.5, 0.6) is 0 Å². The predicted octanol–water partition coefficient (Wildman–Crippen LogP) is 0.313. The summed E-state index contributed by atoms with van der Waals surface area (Å²) in [5.41, 5.74) is 5.61. The van der Waals surface area contributed by atoms with Crippen molar-refractivity contribution in [1.82, 2.24) is 0 Å². The number of rotatable bonds is 0. The molecule has 2 fully saturated rings. The summed E-state index contributed by atoms with van der Waals surface area (Å²) < 4.78 is 0. The molecule has 2 N–H and O–H groups in total. The Morgan fingerprint density at radius 3 is 2.56 bits per heavy atom. The number of carbonyl (C=O) groups is 1. The van der Waals surface area contributed by atoms with Crippen LogP contribution in [0.3, 0.4) is 0 Å². The molecule has 0 unspecified atom stereocenters. The molecule has 2 rings (SSSR count). The van der Waals surface area contributed by atoms with E-state index in [1.54, 1.807) is 0 Å². The highest BCUT2D eigenvalue weighted by atomic mass is 16.1. The first-order valence-corrected chi connectivity index (χ1v) is 3.58. The van der Waals surface area contributed by atoms with Crippen LogP contribution in [0.25, 0.3) is 0 Å². The minimum Gasteiger partial charge on any atom is -0.321 e. The van der Waals surface area contributed by atoms with E-state index in [0.717, 1.165) is 12.8 Å². The van der Waals surface area contributed by atoms with Gasteiger partial charge in [-0.3, -0.25) is 4.79 Å². The average Bonchev–Trinajstić information content (AvgIpc) is 2.37. The maximum Gasteiger partial charge on any atom is 0.152 e. The summed E-state index contributed by atoms with van der Waals surface area (Å²) >= 11 is 0. The maximum absolute atomic E-state index is 11.0. The normalized spacial score (nSPS) is 48.6. The van der Waals surface area contributed by atoms with Gasteiger partial charge in [0.2, 0.25) is 0 Å². The first-order valence-electron chi connectivity index (χ1n) is 3.58. The Labute approximate surface area is 54.4 Å². The third-order valence-electron chi connectivity index (χ3n) is 2.71. The van der Waals surface area contributed by atoms with Crippen LogP contribution in [0, 0.1) is 11.8 Å². The first kappa shape index (κ1) is 5.42. The van der Waals surface area contributed by atoms with Crippen molar-refractivity contribution in [3.8, 4) is 0 Å². The Morgan fingerprint density at radius 1 is 1.44 bits per heavy atom. The van der Waals surface area contributed by atoms with E-state index >= 15 is 0 Å². The molecule has 0 spiro atoms. The number of hydrogen-bond acceptors (Lipinski definition) is 2. The lowest BCUT2D eigenvalue weighted by Gasteiger charge is -2.14. The van der Waals surface area contributed by atoms with Crippen LogP contribution in [0.1, 0.15) is 19.3 Å². The molecule has 2 aliphatic carbocycles. The zero-order valence-corrected chi connectivity index (χ0v) is 5.34. The Bertz CT molecular complexity index is 151. The molecule has 3 atom stereocenters. The molecular weight excluding hydrogens is 114 g/mol. The van der Waals surface area contributed by atoms with Gasteiger partial charge in [-0.05, 0) is 25.2 Å². The fourth-order valence-electron chi connectivity index (χ4n) is 2.11. The summed E-state index contributed by atoms with van der Waals surface area (Å²) in [4.78, 5) is 11.0. The third-order valence-corrected chi connectivity index (χ3v) is 2.71. The highest BCUT2D eigenvalue weighted by molar-refractivity contribution is 5.89. The van der Waals surface area contributed by atoms with Crippen molar-refractivity contribution >= 4 is 5.78 Å². The minimum atomic E-state index is -0.0938. The smallest absolute Gasteiger partial charge is 0.152 e. The van der Waals surface area contributed by atoms with Crippen molar-refractivity contribution in [3.63, 3.8) is 0 Å². The second-order valence-corrected chi connectivity index (χ2v) is 3.20. The van der Waals surface area contributed by atoms with E-state index in [-0.39, 0.29) is 6.04 Å². The predicted molar refractivity (Wildman–Crippen MR) is 33.8 cm³/mol. The van der Waals surface area contributed by atoms with Gasteiger partial charge >= 0.3 is 0 Å². The van der Waals surface area contributed by atoms with E-state index in [1.165, 1.54) is 6.42 Å². The van der Waals surface area contributed by atoms with E-state index in [0.29, 0.717) is 17.6 Å². The molecule has 50 valence electrons. The molecule has 2 nitrogen and oxygen atoms in total. The van der Waals surface area contributed by atoms with Crippen molar-refractivity contribution in [3.05, 3.63) is 0 Å². The van der Waals surface area contributed by atoms with E-state index in [2.05, 4.69) is 0 Å². The van der Waals surface area contributed by atoms with Gasteiger partial charge in [0.25, 0.3) is 0 Å². The van der Waals surface area contributed by atoms with Gasteiger partial charge in [0.1, 0.15) is 0 Å². The van der Waals surface area contributed by atoms with E-state index in [9.17, 15) is 4.79 Å². The molecule has 0 radical (unpaired) electrons. The van der Waals surface area contributed by atoms with Gasteiger partial charge in [-0.1, -0.05) is 0 Å². The number of fused-ring (bicyclic) bond motifs is 2. The van der Waals surface area contributed by atoms with Crippen molar-refractivity contribution in [2.45, 2.75) is 25.3 Å². The molecular formula is C7H11NO. The fourth-order valence-corrected chi connectivity index (χ4v) is 2.11. The lowest BCUT2D eigenvalue weighted by atomic mass is 9.95. The lowest BCUT2D eigenvalue weighted by Crippen LogP contribution is -2.35. The standard InChI is InChI=1S/C7H11NO/c8-6-4-1-2-5(3-4)7(6)9/h4-6H,1-3,8H2/t4-,5-,6-/m1/s1. The number of hydrogen-bond donors (Lipinski definition) is 1. The van der Waals surface area contributed by atoms with Crippen molar-refractivity contribution in [2.75, 3.05) is 0 Å². The van der Waals surface area contributed by atoms with Gasteiger partial charge in [-0.25, -0.2) is 0 Å². The minimum absolute atomic E-state index is 0.0938. The van der Waals surface area contributed by atoms with Gasteiger partial charge in [-0.2, -0.15) is 0 Å². The number of nitrogens with two attached hydrogens (primary N) is 1. The van der Waals surface area contributed by atoms with Crippen LogP contribution in [-0.4, -0.2) is 11.8 Å². The zero-order valence-electron chi connectivity index (χ0n) is 5.34. The molecule has 0 heterocycles. The van der Waals surface area contributed by atoms with Crippen molar-refractivity contribution in [1.29, 1.82) is 0 Å². The maximum atomic E-state index is 11.0. The van der Waals surface area contributed by atoms with Gasteiger partial charge in [0, 0.05) is 5.92 Å². The average molecular weight is 125 g/mol. The summed E-state index contributed by atoms with van der Waals surface area (Å²) in [5.74, 6) is 1.22. The van der Waals surface area contributed by atoms with Crippen molar-refractivity contribution < 1.29 is 4.79 Å². The highest BCUT2D eigenvalue weighted by Gasteiger charge is 2.44. The fraction of sp³-hybridized carbons (Fsp3) is 0.857. The summed E-state index contributed by atoms with van der Waals surface area (Å²) in [6.45, 7) is 0. The molecule has 2 heteroatoms. The summed E-state index contributed by atoms with van der Waals surface area (Å²) in [7, 11) is 0. The van der Waals surface area contributed by atoms with Gasteiger partial charge in [0.05, 0.1) is 6.04 Å². The van der Waals surface area contributed by atoms with Crippen LogP contribution < -0.4 is 5.73 Å². The van der Waals surface area contributed by atoms with Crippen LogP contribution in [0.15, 0.2) is 0 Å². The monoisotopic (exact) mass is 125 g/mol.